The van der Waals surface area contributed by atoms with Gasteiger partial charge in [0.25, 0.3) is 5.69 Å². The third-order valence-corrected chi connectivity index (χ3v) is 4.36. The number of nitro benzene ring substituents is 1. The van der Waals surface area contributed by atoms with E-state index >= 15 is 0 Å². The van der Waals surface area contributed by atoms with Crippen molar-refractivity contribution in [3.05, 3.63) is 62.3 Å². The number of non-ortho nitro benzene ring substituents is 1. The van der Waals surface area contributed by atoms with E-state index in [-0.39, 0.29) is 34.6 Å². The topological polar surface area (TPSA) is 70.8 Å². The van der Waals surface area contributed by atoms with E-state index in [9.17, 15) is 10.1 Å². The van der Waals surface area contributed by atoms with Gasteiger partial charge in [0, 0.05) is 44.2 Å². The molecule has 0 saturated carbocycles. The number of thiophene rings is 1. The van der Waals surface area contributed by atoms with E-state index in [1.807, 2.05) is 13.1 Å². The predicted octanol–water partition coefficient (Wildman–Crippen LogP) is 3.52. The SMILES string of the molecule is CN=C(NCc1cccc([N+](=O)[O-])c1)N(C)CCc1cccs1.I. The van der Waals surface area contributed by atoms with Crippen molar-refractivity contribution in [3.8, 4) is 0 Å². The van der Waals surface area contributed by atoms with Crippen molar-refractivity contribution in [1.82, 2.24) is 10.2 Å². The van der Waals surface area contributed by atoms with E-state index in [4.69, 9.17) is 0 Å². The van der Waals surface area contributed by atoms with Crippen LogP contribution in [0.4, 0.5) is 5.69 Å². The van der Waals surface area contributed by atoms with Crippen molar-refractivity contribution in [2.45, 2.75) is 13.0 Å². The van der Waals surface area contributed by atoms with E-state index in [2.05, 4.69) is 32.7 Å². The fourth-order valence-electron chi connectivity index (χ4n) is 2.18. The van der Waals surface area contributed by atoms with Gasteiger partial charge in [-0.1, -0.05) is 18.2 Å². The zero-order valence-corrected chi connectivity index (χ0v) is 16.8. The standard InChI is InChI=1S/C16H20N4O2S.HI/c1-17-16(19(2)9-8-15-7-4-10-23-15)18-12-13-5-3-6-14(11-13)20(21)22;/h3-7,10-11H,8-9,12H2,1-2H3,(H,17,18);1H. The Labute approximate surface area is 162 Å². The molecule has 130 valence electrons. The van der Waals surface area contributed by atoms with Crippen molar-refractivity contribution in [3.63, 3.8) is 0 Å². The van der Waals surface area contributed by atoms with Crippen LogP contribution < -0.4 is 5.32 Å². The Kier molecular flexibility index (Phi) is 8.69. The summed E-state index contributed by atoms with van der Waals surface area (Å²) < 4.78 is 0. The van der Waals surface area contributed by atoms with Gasteiger partial charge in [-0.05, 0) is 23.4 Å². The predicted molar refractivity (Wildman–Crippen MR) is 109 cm³/mol. The lowest BCUT2D eigenvalue weighted by atomic mass is 10.2. The Morgan fingerprint density at radius 3 is 2.79 bits per heavy atom. The van der Waals surface area contributed by atoms with Crippen LogP contribution >= 0.6 is 35.3 Å². The second kappa shape index (κ2) is 10.2. The molecule has 1 heterocycles. The number of likely N-dealkylation sites (N-methyl/N-ethyl adjacent to an activating group) is 1. The molecule has 0 atom stereocenters. The Hall–Kier alpha value is -1.68. The van der Waals surface area contributed by atoms with Crippen molar-refractivity contribution < 1.29 is 4.92 Å². The Morgan fingerprint density at radius 1 is 1.38 bits per heavy atom. The molecule has 0 aliphatic carbocycles. The summed E-state index contributed by atoms with van der Waals surface area (Å²) in [6.07, 6.45) is 0.964. The molecule has 0 aliphatic heterocycles. The lowest BCUT2D eigenvalue weighted by Crippen LogP contribution is -2.39. The van der Waals surface area contributed by atoms with Crippen molar-refractivity contribution in [2.24, 2.45) is 4.99 Å². The quantitative estimate of drug-likeness (QED) is 0.236. The van der Waals surface area contributed by atoms with Crippen LogP contribution in [0.15, 0.2) is 46.8 Å². The largest absolute Gasteiger partial charge is 0.352 e. The Morgan fingerprint density at radius 2 is 2.17 bits per heavy atom. The third-order valence-electron chi connectivity index (χ3n) is 3.42. The van der Waals surface area contributed by atoms with Crippen LogP contribution in [-0.2, 0) is 13.0 Å². The average molecular weight is 460 g/mol. The first kappa shape index (κ1) is 20.4. The molecule has 2 aromatic rings. The average Bonchev–Trinajstić information content (AvgIpc) is 3.07. The second-order valence-electron chi connectivity index (χ2n) is 5.08. The van der Waals surface area contributed by atoms with Gasteiger partial charge in [-0.25, -0.2) is 0 Å². The molecule has 0 spiro atoms. The maximum atomic E-state index is 10.8. The third kappa shape index (κ3) is 6.08. The minimum atomic E-state index is -0.383. The number of rotatable bonds is 6. The fraction of sp³-hybridized carbons (Fsp3) is 0.312. The maximum Gasteiger partial charge on any atom is 0.269 e. The van der Waals surface area contributed by atoms with E-state index < -0.39 is 0 Å². The number of halogens is 1. The molecule has 1 N–H and O–H groups in total. The molecule has 1 aromatic heterocycles. The minimum Gasteiger partial charge on any atom is -0.352 e. The normalized spacial score (nSPS) is 10.8. The summed E-state index contributed by atoms with van der Waals surface area (Å²) in [6, 6.07) is 10.8. The van der Waals surface area contributed by atoms with Gasteiger partial charge in [-0.15, -0.1) is 35.3 Å². The van der Waals surface area contributed by atoms with Crippen molar-refractivity contribution >= 4 is 47.0 Å². The van der Waals surface area contributed by atoms with Gasteiger partial charge < -0.3 is 10.2 Å². The molecular formula is C16H21IN4O2S. The zero-order valence-electron chi connectivity index (χ0n) is 13.6. The molecule has 2 rings (SSSR count). The summed E-state index contributed by atoms with van der Waals surface area (Å²) in [5.74, 6) is 0.771. The molecule has 0 radical (unpaired) electrons. The highest BCUT2D eigenvalue weighted by Crippen LogP contribution is 2.13. The smallest absolute Gasteiger partial charge is 0.269 e. The number of hydrogen-bond donors (Lipinski definition) is 1. The van der Waals surface area contributed by atoms with Crippen molar-refractivity contribution in [2.75, 3.05) is 20.6 Å². The number of nitrogens with zero attached hydrogens (tertiary/aromatic N) is 3. The van der Waals surface area contributed by atoms with Crippen LogP contribution in [0.5, 0.6) is 0 Å². The first-order valence-electron chi connectivity index (χ1n) is 7.27. The van der Waals surface area contributed by atoms with Gasteiger partial charge in [0.05, 0.1) is 4.92 Å². The second-order valence-corrected chi connectivity index (χ2v) is 6.11. The summed E-state index contributed by atoms with van der Waals surface area (Å²) in [4.78, 5) is 18.1. The number of hydrogen-bond acceptors (Lipinski definition) is 4. The van der Waals surface area contributed by atoms with Gasteiger partial charge in [0.2, 0.25) is 0 Å². The summed E-state index contributed by atoms with van der Waals surface area (Å²) in [5, 5.41) is 16.1. The number of aliphatic imine (C=N–C) groups is 1. The highest BCUT2D eigenvalue weighted by molar-refractivity contribution is 14.0. The fourth-order valence-corrected chi connectivity index (χ4v) is 2.88. The summed E-state index contributed by atoms with van der Waals surface area (Å²) >= 11 is 1.75. The van der Waals surface area contributed by atoms with E-state index in [1.165, 1.54) is 10.9 Å². The van der Waals surface area contributed by atoms with E-state index in [0.29, 0.717) is 6.54 Å². The van der Waals surface area contributed by atoms with Crippen LogP contribution in [0.2, 0.25) is 0 Å². The van der Waals surface area contributed by atoms with Gasteiger partial charge in [0.15, 0.2) is 5.96 Å². The molecule has 0 bridgehead atoms. The van der Waals surface area contributed by atoms with Gasteiger partial charge in [-0.2, -0.15) is 0 Å². The maximum absolute atomic E-state index is 10.8. The first-order valence-corrected chi connectivity index (χ1v) is 8.15. The van der Waals surface area contributed by atoms with Crippen LogP contribution in [0.25, 0.3) is 0 Å². The summed E-state index contributed by atoms with van der Waals surface area (Å²) in [7, 11) is 3.72. The van der Waals surface area contributed by atoms with E-state index in [1.54, 1.807) is 30.5 Å². The molecule has 0 unspecified atom stereocenters. The summed E-state index contributed by atoms with van der Waals surface area (Å²) in [6.45, 7) is 1.35. The molecule has 0 fully saturated rings. The van der Waals surface area contributed by atoms with Crippen LogP contribution in [0, 0.1) is 10.1 Å². The summed E-state index contributed by atoms with van der Waals surface area (Å²) in [5.41, 5.74) is 0.956. The molecule has 0 saturated heterocycles. The Balaban J connectivity index is 0.00000288. The lowest BCUT2D eigenvalue weighted by molar-refractivity contribution is -0.384. The highest BCUT2D eigenvalue weighted by atomic mass is 127. The van der Waals surface area contributed by atoms with Gasteiger partial charge in [0.1, 0.15) is 0 Å². The van der Waals surface area contributed by atoms with Crippen LogP contribution in [0.1, 0.15) is 10.4 Å². The number of nitro groups is 1. The molecular weight excluding hydrogens is 439 g/mol. The molecule has 8 heteroatoms. The van der Waals surface area contributed by atoms with Gasteiger partial charge >= 0.3 is 0 Å². The molecule has 6 nitrogen and oxygen atoms in total. The minimum absolute atomic E-state index is 0. The number of guanidine groups is 1. The number of benzene rings is 1. The van der Waals surface area contributed by atoms with E-state index in [0.717, 1.165) is 24.5 Å². The lowest BCUT2D eigenvalue weighted by Gasteiger charge is -2.21. The molecule has 0 amide bonds. The highest BCUT2D eigenvalue weighted by Gasteiger charge is 2.08. The monoisotopic (exact) mass is 460 g/mol. The van der Waals surface area contributed by atoms with Gasteiger partial charge in [-0.3, -0.25) is 15.1 Å². The first-order chi connectivity index (χ1) is 11.1. The Bertz CT molecular complexity index is 676. The van der Waals surface area contributed by atoms with Crippen LogP contribution in [0.3, 0.4) is 0 Å². The van der Waals surface area contributed by atoms with Crippen molar-refractivity contribution in [1.29, 1.82) is 0 Å². The zero-order chi connectivity index (χ0) is 16.7. The molecule has 0 aliphatic rings. The number of nitrogens with one attached hydrogen (secondary N) is 1. The molecule has 1 aromatic carbocycles. The van der Waals surface area contributed by atoms with Crippen LogP contribution in [-0.4, -0.2) is 36.4 Å². The molecule has 24 heavy (non-hydrogen) atoms.